The van der Waals surface area contributed by atoms with Crippen LogP contribution in [0.15, 0.2) is 56.6 Å². The van der Waals surface area contributed by atoms with Crippen molar-refractivity contribution in [3.63, 3.8) is 0 Å². The first-order valence-corrected chi connectivity index (χ1v) is 13.9. The first-order valence-electron chi connectivity index (χ1n) is 12.4. The smallest absolute Gasteiger partial charge is 0.250 e. The average Bonchev–Trinajstić information content (AvgIpc) is 2.99. The molecule has 0 atom stereocenters. The van der Waals surface area contributed by atoms with Crippen molar-refractivity contribution >= 4 is 37.6 Å². The van der Waals surface area contributed by atoms with Crippen molar-refractivity contribution in [3.05, 3.63) is 52.7 Å². The normalized spacial score (nSPS) is 14.4. The van der Waals surface area contributed by atoms with Gasteiger partial charge in [0.2, 0.25) is 5.43 Å². The van der Waals surface area contributed by atoms with Gasteiger partial charge in [0.25, 0.3) is 10.0 Å². The van der Waals surface area contributed by atoms with Gasteiger partial charge in [-0.15, -0.1) is 0 Å². The van der Waals surface area contributed by atoms with Crippen LogP contribution in [0.3, 0.4) is 0 Å². The fourth-order valence-corrected chi connectivity index (χ4v) is 6.70. The Bertz CT molecular complexity index is 1740. The number of hydrogen-bond acceptors (Lipinski definition) is 10. The van der Waals surface area contributed by atoms with Crippen LogP contribution in [-0.2, 0) is 10.0 Å². The lowest BCUT2D eigenvalue weighted by molar-refractivity contribution is 0.355. The summed E-state index contributed by atoms with van der Waals surface area (Å²) in [5.74, 6) is 1.48. The standard InChI is InChI=1S/C28H30N2O9S/c1-34-19-9-7-6-8-18(19)29-10-12-30(13-11-29)40(32,33)28-24(38-5)16-23(37-4)25-26(31)17-14-21(35-2)22(36-3)15-20(17)39-27(25)28/h6-9,14-16H,10-13H2,1-5H3. The van der Waals surface area contributed by atoms with Gasteiger partial charge in [0.15, 0.2) is 22.0 Å². The summed E-state index contributed by atoms with van der Waals surface area (Å²) < 4.78 is 63.0. The number of benzene rings is 3. The van der Waals surface area contributed by atoms with E-state index in [4.69, 9.17) is 28.1 Å². The summed E-state index contributed by atoms with van der Waals surface area (Å²) in [6, 6.07) is 12.0. The fourth-order valence-electron chi connectivity index (χ4n) is 5.02. The molecule has 12 heteroatoms. The third-order valence-corrected chi connectivity index (χ3v) is 8.98. The minimum atomic E-state index is -4.19. The van der Waals surface area contributed by atoms with E-state index in [0.29, 0.717) is 30.3 Å². The molecule has 0 spiro atoms. The van der Waals surface area contributed by atoms with E-state index >= 15 is 0 Å². The maximum atomic E-state index is 14.2. The van der Waals surface area contributed by atoms with Crippen LogP contribution >= 0.6 is 0 Å². The fraction of sp³-hybridized carbons (Fsp3) is 0.321. The van der Waals surface area contributed by atoms with Crippen LogP contribution in [-0.4, -0.2) is 74.5 Å². The third-order valence-electron chi connectivity index (χ3n) is 7.04. The number of ether oxygens (including phenoxy) is 5. The van der Waals surface area contributed by atoms with Gasteiger partial charge in [0.1, 0.15) is 28.2 Å². The third kappa shape index (κ3) is 4.42. The van der Waals surface area contributed by atoms with E-state index in [1.54, 1.807) is 7.11 Å². The van der Waals surface area contributed by atoms with E-state index in [1.165, 1.54) is 50.9 Å². The molecule has 4 aromatic rings. The molecule has 0 N–H and O–H groups in total. The summed E-state index contributed by atoms with van der Waals surface area (Å²) in [5, 5.41) is 0.164. The second-order valence-electron chi connectivity index (χ2n) is 9.01. The minimum absolute atomic E-state index is 0.000477. The van der Waals surface area contributed by atoms with Crippen molar-refractivity contribution in [2.75, 3.05) is 66.6 Å². The first-order chi connectivity index (χ1) is 19.3. The molecule has 0 unspecified atom stereocenters. The number of para-hydroxylation sites is 2. The van der Waals surface area contributed by atoms with Crippen molar-refractivity contribution < 1.29 is 36.5 Å². The van der Waals surface area contributed by atoms with Gasteiger partial charge in [-0.2, -0.15) is 4.31 Å². The molecule has 11 nitrogen and oxygen atoms in total. The summed E-state index contributed by atoms with van der Waals surface area (Å²) in [7, 11) is 3.06. The predicted molar refractivity (Wildman–Crippen MR) is 150 cm³/mol. The van der Waals surface area contributed by atoms with Crippen LogP contribution in [0.2, 0.25) is 0 Å². The SMILES string of the molecule is COc1cc2oc3c(S(=O)(=O)N4CCN(c5ccccc5OC)CC4)c(OC)cc(OC)c3c(=O)c2cc1OC. The molecule has 1 aliphatic heterocycles. The van der Waals surface area contributed by atoms with Crippen molar-refractivity contribution in [2.45, 2.75) is 4.90 Å². The van der Waals surface area contributed by atoms with Gasteiger partial charge in [-0.25, -0.2) is 8.42 Å². The Hall–Kier alpha value is -4.16. The van der Waals surface area contributed by atoms with Crippen LogP contribution < -0.4 is 34.0 Å². The molecule has 0 radical (unpaired) electrons. The lowest BCUT2D eigenvalue weighted by Gasteiger charge is -2.36. The van der Waals surface area contributed by atoms with E-state index in [9.17, 15) is 13.2 Å². The molecule has 1 saturated heterocycles. The molecule has 0 amide bonds. The van der Waals surface area contributed by atoms with Crippen LogP contribution in [0.5, 0.6) is 28.7 Å². The van der Waals surface area contributed by atoms with E-state index in [1.807, 2.05) is 24.3 Å². The maximum absolute atomic E-state index is 14.2. The van der Waals surface area contributed by atoms with E-state index in [-0.39, 0.29) is 51.4 Å². The Labute approximate surface area is 231 Å². The van der Waals surface area contributed by atoms with Gasteiger partial charge >= 0.3 is 0 Å². The Morgan fingerprint density at radius 2 is 1.32 bits per heavy atom. The Morgan fingerprint density at radius 1 is 0.725 bits per heavy atom. The number of rotatable bonds is 8. The molecular weight excluding hydrogens is 540 g/mol. The highest BCUT2D eigenvalue weighted by molar-refractivity contribution is 7.89. The molecule has 0 saturated carbocycles. The zero-order chi connectivity index (χ0) is 28.6. The second kappa shape index (κ2) is 10.8. The number of nitrogens with zero attached hydrogens (tertiary/aromatic N) is 2. The highest BCUT2D eigenvalue weighted by Gasteiger charge is 2.36. The highest BCUT2D eigenvalue weighted by atomic mass is 32.2. The second-order valence-corrected chi connectivity index (χ2v) is 10.9. The molecule has 1 aliphatic rings. The lowest BCUT2D eigenvalue weighted by Crippen LogP contribution is -2.48. The topological polar surface area (TPSA) is 117 Å². The van der Waals surface area contributed by atoms with Gasteiger partial charge in [-0.1, -0.05) is 12.1 Å². The first kappa shape index (κ1) is 27.4. The molecular formula is C28H30N2O9S. The van der Waals surface area contributed by atoms with E-state index in [0.717, 1.165) is 5.69 Å². The van der Waals surface area contributed by atoms with Crippen LogP contribution in [0.4, 0.5) is 5.69 Å². The number of sulfonamides is 1. The Kier molecular flexibility index (Phi) is 7.39. The van der Waals surface area contributed by atoms with Crippen LogP contribution in [0, 0.1) is 0 Å². The number of hydrogen-bond donors (Lipinski definition) is 0. The van der Waals surface area contributed by atoms with Gasteiger partial charge in [0, 0.05) is 38.3 Å². The number of methoxy groups -OCH3 is 5. The zero-order valence-electron chi connectivity index (χ0n) is 22.8. The van der Waals surface area contributed by atoms with Gasteiger partial charge in [-0.3, -0.25) is 4.79 Å². The lowest BCUT2D eigenvalue weighted by atomic mass is 10.1. The van der Waals surface area contributed by atoms with Gasteiger partial charge in [0.05, 0.1) is 46.6 Å². The summed E-state index contributed by atoms with van der Waals surface area (Å²) in [6.07, 6.45) is 0. The Balaban J connectivity index is 1.65. The quantitative estimate of drug-likeness (QED) is 0.291. The summed E-state index contributed by atoms with van der Waals surface area (Å²) in [6.45, 7) is 1.25. The average molecular weight is 571 g/mol. The van der Waals surface area contributed by atoms with Gasteiger partial charge < -0.3 is 33.0 Å². The van der Waals surface area contributed by atoms with E-state index < -0.39 is 15.5 Å². The number of fused-ring (bicyclic) bond motifs is 2. The number of anilines is 1. The van der Waals surface area contributed by atoms with Crippen molar-refractivity contribution in [3.8, 4) is 28.7 Å². The molecule has 5 rings (SSSR count). The van der Waals surface area contributed by atoms with Crippen molar-refractivity contribution in [1.82, 2.24) is 4.31 Å². The molecule has 212 valence electrons. The van der Waals surface area contributed by atoms with Gasteiger partial charge in [-0.05, 0) is 18.2 Å². The monoisotopic (exact) mass is 570 g/mol. The van der Waals surface area contributed by atoms with E-state index in [2.05, 4.69) is 4.90 Å². The summed E-state index contributed by atoms with van der Waals surface area (Å²) in [5.41, 5.74) is 0.376. The van der Waals surface area contributed by atoms with Crippen LogP contribution in [0.25, 0.3) is 21.9 Å². The van der Waals surface area contributed by atoms with Crippen LogP contribution in [0.1, 0.15) is 0 Å². The molecule has 40 heavy (non-hydrogen) atoms. The molecule has 3 aromatic carbocycles. The molecule has 1 fully saturated rings. The molecule has 0 aliphatic carbocycles. The molecule has 2 heterocycles. The summed E-state index contributed by atoms with van der Waals surface area (Å²) in [4.78, 5) is 15.6. The predicted octanol–water partition coefficient (Wildman–Crippen LogP) is 3.50. The molecule has 0 bridgehead atoms. The zero-order valence-corrected chi connectivity index (χ0v) is 23.7. The largest absolute Gasteiger partial charge is 0.496 e. The minimum Gasteiger partial charge on any atom is -0.496 e. The highest BCUT2D eigenvalue weighted by Crippen LogP contribution is 2.42. The maximum Gasteiger partial charge on any atom is 0.250 e. The number of piperazine rings is 1. The summed E-state index contributed by atoms with van der Waals surface area (Å²) >= 11 is 0. The molecule has 1 aromatic heterocycles. The Morgan fingerprint density at radius 3 is 1.95 bits per heavy atom. The van der Waals surface area contributed by atoms with Crippen molar-refractivity contribution in [2.24, 2.45) is 0 Å². The van der Waals surface area contributed by atoms with Crippen molar-refractivity contribution in [1.29, 1.82) is 0 Å².